The highest BCUT2D eigenvalue weighted by Crippen LogP contribution is 2.33. The van der Waals surface area contributed by atoms with E-state index in [-0.39, 0.29) is 30.7 Å². The number of rotatable bonds is 3. The third-order valence-corrected chi connectivity index (χ3v) is 4.71. The summed E-state index contributed by atoms with van der Waals surface area (Å²) >= 11 is 0. The monoisotopic (exact) mass is 339 g/mol. The molecule has 128 valence electrons. The first-order valence-corrected chi connectivity index (χ1v) is 8.26. The van der Waals surface area contributed by atoms with Crippen molar-refractivity contribution >= 4 is 16.9 Å². The van der Waals surface area contributed by atoms with Gasteiger partial charge in [0.15, 0.2) is 0 Å². The number of amides is 1. The SMILES string of the molecule is O=C(Cc1c[nH]c2ncccc12)N1C[C@@H](O)C[C@@H]1c1cccc(F)c1. The lowest BCUT2D eigenvalue weighted by molar-refractivity contribution is -0.131. The molecule has 0 bridgehead atoms. The lowest BCUT2D eigenvalue weighted by atomic mass is 10.0. The predicted octanol–water partition coefficient (Wildman–Crippen LogP) is 2.58. The summed E-state index contributed by atoms with van der Waals surface area (Å²) in [6.07, 6.45) is 3.52. The van der Waals surface area contributed by atoms with Gasteiger partial charge in [-0.15, -0.1) is 0 Å². The number of hydrogen-bond donors (Lipinski definition) is 2. The van der Waals surface area contributed by atoms with Gasteiger partial charge in [0.1, 0.15) is 11.5 Å². The van der Waals surface area contributed by atoms with E-state index < -0.39 is 6.10 Å². The van der Waals surface area contributed by atoms with Crippen LogP contribution in [0.15, 0.2) is 48.8 Å². The van der Waals surface area contributed by atoms with E-state index in [4.69, 9.17) is 0 Å². The van der Waals surface area contributed by atoms with Crippen molar-refractivity contribution in [1.29, 1.82) is 0 Å². The number of carbonyl (C=O) groups excluding carboxylic acids is 1. The molecular weight excluding hydrogens is 321 g/mol. The molecule has 4 rings (SSSR count). The number of H-pyrrole nitrogens is 1. The summed E-state index contributed by atoms with van der Waals surface area (Å²) in [7, 11) is 0. The van der Waals surface area contributed by atoms with Crippen LogP contribution in [0.5, 0.6) is 0 Å². The molecule has 1 aliphatic heterocycles. The molecule has 1 aliphatic rings. The molecule has 2 aromatic heterocycles. The van der Waals surface area contributed by atoms with Crippen LogP contribution in [-0.2, 0) is 11.2 Å². The Morgan fingerprint density at radius 2 is 2.24 bits per heavy atom. The molecule has 2 N–H and O–H groups in total. The number of aliphatic hydroxyl groups is 1. The van der Waals surface area contributed by atoms with Crippen molar-refractivity contribution in [2.45, 2.75) is 25.0 Å². The third-order valence-electron chi connectivity index (χ3n) is 4.71. The van der Waals surface area contributed by atoms with Crippen molar-refractivity contribution in [1.82, 2.24) is 14.9 Å². The quantitative estimate of drug-likeness (QED) is 0.771. The molecule has 0 unspecified atom stereocenters. The number of aromatic nitrogens is 2. The topological polar surface area (TPSA) is 69.2 Å². The minimum absolute atomic E-state index is 0.0874. The number of fused-ring (bicyclic) bond motifs is 1. The molecule has 0 aliphatic carbocycles. The van der Waals surface area contributed by atoms with Gasteiger partial charge in [0, 0.05) is 24.3 Å². The van der Waals surface area contributed by atoms with Crippen molar-refractivity contribution in [2.24, 2.45) is 0 Å². The minimum Gasteiger partial charge on any atom is -0.391 e. The molecule has 1 aromatic carbocycles. The average molecular weight is 339 g/mol. The maximum Gasteiger partial charge on any atom is 0.227 e. The van der Waals surface area contributed by atoms with Gasteiger partial charge in [-0.25, -0.2) is 9.37 Å². The Labute approximate surface area is 144 Å². The number of pyridine rings is 1. The molecule has 25 heavy (non-hydrogen) atoms. The van der Waals surface area contributed by atoms with Gasteiger partial charge < -0.3 is 15.0 Å². The maximum atomic E-state index is 13.5. The summed E-state index contributed by atoms with van der Waals surface area (Å²) in [5.74, 6) is -0.426. The van der Waals surface area contributed by atoms with Crippen LogP contribution < -0.4 is 0 Å². The zero-order valence-electron chi connectivity index (χ0n) is 13.5. The molecule has 6 heteroatoms. The number of aromatic amines is 1. The van der Waals surface area contributed by atoms with Crippen molar-refractivity contribution < 1.29 is 14.3 Å². The molecule has 3 heterocycles. The van der Waals surface area contributed by atoms with E-state index in [1.54, 1.807) is 29.4 Å². The Hall–Kier alpha value is -2.73. The molecule has 2 atom stereocenters. The lowest BCUT2D eigenvalue weighted by Gasteiger charge is -2.25. The van der Waals surface area contributed by atoms with E-state index in [2.05, 4.69) is 9.97 Å². The molecule has 3 aromatic rings. The van der Waals surface area contributed by atoms with E-state index in [9.17, 15) is 14.3 Å². The van der Waals surface area contributed by atoms with Crippen LogP contribution in [0, 0.1) is 5.82 Å². The summed E-state index contributed by atoms with van der Waals surface area (Å²) in [5.41, 5.74) is 2.33. The number of benzene rings is 1. The van der Waals surface area contributed by atoms with Crippen LogP contribution in [0.4, 0.5) is 4.39 Å². The van der Waals surface area contributed by atoms with E-state index in [1.807, 2.05) is 12.1 Å². The van der Waals surface area contributed by atoms with E-state index >= 15 is 0 Å². The first kappa shape index (κ1) is 15.8. The molecule has 1 saturated heterocycles. The number of halogens is 1. The zero-order valence-corrected chi connectivity index (χ0v) is 13.5. The highest BCUT2D eigenvalue weighted by Gasteiger charge is 2.35. The normalized spacial score (nSPS) is 20.3. The fraction of sp³-hybridized carbons (Fsp3) is 0.263. The summed E-state index contributed by atoms with van der Waals surface area (Å²) in [5, 5.41) is 11.0. The second kappa shape index (κ2) is 6.29. The maximum absolute atomic E-state index is 13.5. The Balaban J connectivity index is 1.59. The van der Waals surface area contributed by atoms with Gasteiger partial charge in [0.25, 0.3) is 0 Å². The highest BCUT2D eigenvalue weighted by molar-refractivity contribution is 5.87. The van der Waals surface area contributed by atoms with Crippen LogP contribution in [0.3, 0.4) is 0 Å². The smallest absolute Gasteiger partial charge is 0.227 e. The third kappa shape index (κ3) is 3.00. The van der Waals surface area contributed by atoms with E-state index in [1.165, 1.54) is 12.1 Å². The number of carbonyl (C=O) groups is 1. The van der Waals surface area contributed by atoms with Gasteiger partial charge in [0.2, 0.25) is 5.91 Å². The van der Waals surface area contributed by atoms with Crippen molar-refractivity contribution in [3.05, 3.63) is 65.7 Å². The molecule has 5 nitrogen and oxygen atoms in total. The van der Waals surface area contributed by atoms with E-state index in [0.29, 0.717) is 12.0 Å². The molecular formula is C19H18FN3O2. The highest BCUT2D eigenvalue weighted by atomic mass is 19.1. The fourth-order valence-corrected chi connectivity index (χ4v) is 3.54. The molecule has 0 spiro atoms. The molecule has 1 amide bonds. The number of nitrogens with one attached hydrogen (secondary N) is 1. The van der Waals surface area contributed by atoms with Gasteiger partial charge in [-0.1, -0.05) is 12.1 Å². The Morgan fingerprint density at radius 1 is 1.36 bits per heavy atom. The molecule has 1 fully saturated rings. The second-order valence-electron chi connectivity index (χ2n) is 6.40. The van der Waals surface area contributed by atoms with Crippen molar-refractivity contribution in [2.75, 3.05) is 6.54 Å². The van der Waals surface area contributed by atoms with Gasteiger partial charge in [-0.05, 0) is 41.8 Å². The standard InChI is InChI=1S/C19H18FN3O2/c20-14-4-1-3-12(7-14)17-9-15(24)11-23(17)18(25)8-13-10-22-19-16(13)5-2-6-21-19/h1-7,10,15,17,24H,8-9,11H2,(H,21,22)/t15-,17+/m0/s1. The summed E-state index contributed by atoms with van der Waals surface area (Å²) in [6.45, 7) is 0.265. The van der Waals surface area contributed by atoms with Crippen LogP contribution in [0.25, 0.3) is 11.0 Å². The summed E-state index contributed by atoms with van der Waals surface area (Å²) < 4.78 is 13.5. The predicted molar refractivity (Wildman–Crippen MR) is 91.3 cm³/mol. The van der Waals surface area contributed by atoms with Crippen LogP contribution in [0.1, 0.15) is 23.6 Å². The van der Waals surface area contributed by atoms with Crippen LogP contribution in [0.2, 0.25) is 0 Å². The van der Waals surface area contributed by atoms with Crippen LogP contribution in [-0.4, -0.2) is 38.5 Å². The molecule has 0 saturated carbocycles. The van der Waals surface area contributed by atoms with Gasteiger partial charge in [-0.3, -0.25) is 4.79 Å². The second-order valence-corrected chi connectivity index (χ2v) is 6.40. The van der Waals surface area contributed by atoms with Gasteiger partial charge in [0.05, 0.1) is 18.6 Å². The van der Waals surface area contributed by atoms with Crippen LogP contribution >= 0.6 is 0 Å². The van der Waals surface area contributed by atoms with Crippen molar-refractivity contribution in [3.63, 3.8) is 0 Å². The fourth-order valence-electron chi connectivity index (χ4n) is 3.54. The number of nitrogens with zero attached hydrogens (tertiary/aromatic N) is 2. The number of aliphatic hydroxyl groups excluding tert-OH is 1. The Bertz CT molecular complexity index is 924. The number of hydrogen-bond acceptors (Lipinski definition) is 3. The largest absolute Gasteiger partial charge is 0.391 e. The minimum atomic E-state index is -0.596. The lowest BCUT2D eigenvalue weighted by Crippen LogP contribution is -2.33. The van der Waals surface area contributed by atoms with E-state index in [0.717, 1.165) is 16.6 Å². The zero-order chi connectivity index (χ0) is 17.4. The first-order valence-electron chi connectivity index (χ1n) is 8.26. The molecule has 0 radical (unpaired) electrons. The Kier molecular flexibility index (Phi) is 3.97. The van der Waals surface area contributed by atoms with Gasteiger partial charge in [-0.2, -0.15) is 0 Å². The van der Waals surface area contributed by atoms with Crippen molar-refractivity contribution in [3.8, 4) is 0 Å². The first-order chi connectivity index (χ1) is 12.1. The average Bonchev–Trinajstić information content (AvgIpc) is 3.19. The van der Waals surface area contributed by atoms with Gasteiger partial charge >= 0.3 is 0 Å². The summed E-state index contributed by atoms with van der Waals surface area (Å²) in [6, 6.07) is 9.68. The number of β-amino-alcohol motifs (C(OH)–C–C–N with tert-alkyl or cyclic N) is 1. The summed E-state index contributed by atoms with van der Waals surface area (Å²) in [4.78, 5) is 21.8. The Morgan fingerprint density at radius 3 is 3.08 bits per heavy atom. The number of likely N-dealkylation sites (tertiary alicyclic amines) is 1.